The van der Waals surface area contributed by atoms with Crippen molar-refractivity contribution >= 4 is 9.84 Å². The lowest BCUT2D eigenvalue weighted by atomic mass is 10.1. The first kappa shape index (κ1) is 14.7. The monoisotopic (exact) mass is 293 g/mol. The summed E-state index contributed by atoms with van der Waals surface area (Å²) in [5, 5.41) is 4.48. The predicted molar refractivity (Wildman–Crippen MR) is 79.0 cm³/mol. The summed E-state index contributed by atoms with van der Waals surface area (Å²) < 4.78 is 24.8. The highest BCUT2D eigenvalue weighted by atomic mass is 32.2. The van der Waals surface area contributed by atoms with E-state index in [9.17, 15) is 8.42 Å². The van der Waals surface area contributed by atoms with Gasteiger partial charge < -0.3 is 0 Å². The Balaban J connectivity index is 2.53. The average Bonchev–Trinajstić information content (AvgIpc) is 2.71. The Hall–Kier alpha value is -1.69. The average molecular weight is 293 g/mol. The van der Waals surface area contributed by atoms with Crippen LogP contribution in [0.4, 0.5) is 0 Å². The Morgan fingerprint density at radius 2 is 1.75 bits per heavy atom. The maximum Gasteiger partial charge on any atom is 0.181 e. The summed E-state index contributed by atoms with van der Waals surface area (Å²) in [4.78, 5) is 4.40. The van der Waals surface area contributed by atoms with E-state index in [4.69, 9.17) is 0 Å². The third-order valence-corrected chi connectivity index (χ3v) is 3.52. The Morgan fingerprint density at radius 3 is 2.25 bits per heavy atom. The highest BCUT2D eigenvalue weighted by Crippen LogP contribution is 2.21. The molecule has 0 saturated heterocycles. The van der Waals surface area contributed by atoms with Crippen LogP contribution in [0.25, 0.3) is 11.4 Å². The van der Waals surface area contributed by atoms with E-state index in [0.717, 1.165) is 5.56 Å². The van der Waals surface area contributed by atoms with Crippen LogP contribution >= 0.6 is 0 Å². The van der Waals surface area contributed by atoms with Gasteiger partial charge in [0, 0.05) is 11.8 Å². The van der Waals surface area contributed by atoms with Gasteiger partial charge in [-0.15, -0.1) is 0 Å². The van der Waals surface area contributed by atoms with Crippen molar-refractivity contribution in [3.63, 3.8) is 0 Å². The van der Waals surface area contributed by atoms with Crippen LogP contribution < -0.4 is 0 Å². The van der Waals surface area contributed by atoms with Gasteiger partial charge >= 0.3 is 0 Å². The first-order valence-electron chi connectivity index (χ1n) is 6.36. The molecule has 0 aliphatic rings. The molecule has 0 aliphatic heterocycles. The minimum Gasteiger partial charge on any atom is -0.243 e. The Bertz CT molecular complexity index is 698. The fourth-order valence-corrected chi connectivity index (χ4v) is 2.57. The number of hydrogen-bond donors (Lipinski definition) is 0. The van der Waals surface area contributed by atoms with Crippen LogP contribution in [0.15, 0.2) is 30.3 Å². The molecule has 108 valence electrons. The second-order valence-corrected chi connectivity index (χ2v) is 8.01. The number of benzene rings is 1. The lowest BCUT2D eigenvalue weighted by molar-refractivity contribution is 0.345. The minimum absolute atomic E-state index is 0.107. The van der Waals surface area contributed by atoms with Gasteiger partial charge in [0.25, 0.3) is 0 Å². The summed E-state index contributed by atoms with van der Waals surface area (Å²) >= 11 is 0. The predicted octanol–water partition coefficient (Wildman–Crippen LogP) is 2.24. The van der Waals surface area contributed by atoms with Gasteiger partial charge in [-0.1, -0.05) is 30.3 Å². The SMILES string of the molecule is CC(C)(C)n1nc(-c2ccccc2)nc1CS(C)(=O)=O. The molecule has 0 saturated carbocycles. The summed E-state index contributed by atoms with van der Waals surface area (Å²) in [6, 6.07) is 9.55. The van der Waals surface area contributed by atoms with Crippen molar-refractivity contribution in [2.45, 2.75) is 32.1 Å². The Kier molecular flexibility index (Phi) is 3.69. The normalized spacial score (nSPS) is 12.6. The molecule has 2 aromatic rings. The number of sulfone groups is 1. The molecule has 0 unspecified atom stereocenters. The molecule has 0 amide bonds. The molecule has 20 heavy (non-hydrogen) atoms. The molecular weight excluding hydrogens is 274 g/mol. The molecule has 0 spiro atoms. The Morgan fingerprint density at radius 1 is 1.15 bits per heavy atom. The van der Waals surface area contributed by atoms with Crippen molar-refractivity contribution in [1.29, 1.82) is 0 Å². The lowest BCUT2D eigenvalue weighted by Gasteiger charge is -2.20. The van der Waals surface area contributed by atoms with Crippen LogP contribution in [0.5, 0.6) is 0 Å². The van der Waals surface area contributed by atoms with Crippen molar-refractivity contribution in [2.24, 2.45) is 0 Å². The first-order valence-corrected chi connectivity index (χ1v) is 8.42. The van der Waals surface area contributed by atoms with Crippen LogP contribution in [0, 0.1) is 0 Å². The van der Waals surface area contributed by atoms with Gasteiger partial charge in [-0.3, -0.25) is 0 Å². The zero-order chi connectivity index (χ0) is 15.0. The maximum atomic E-state index is 11.5. The summed E-state index contributed by atoms with van der Waals surface area (Å²) in [7, 11) is -3.15. The number of rotatable bonds is 3. The van der Waals surface area contributed by atoms with Gasteiger partial charge in [-0.05, 0) is 20.8 Å². The molecule has 0 atom stereocenters. The van der Waals surface area contributed by atoms with E-state index in [1.165, 1.54) is 6.26 Å². The van der Waals surface area contributed by atoms with Gasteiger partial charge in [0.15, 0.2) is 15.7 Å². The second kappa shape index (κ2) is 5.01. The van der Waals surface area contributed by atoms with Crippen molar-refractivity contribution in [1.82, 2.24) is 14.8 Å². The summed E-state index contributed by atoms with van der Waals surface area (Å²) in [5.41, 5.74) is 0.560. The second-order valence-electron chi connectivity index (χ2n) is 5.87. The van der Waals surface area contributed by atoms with Gasteiger partial charge in [-0.2, -0.15) is 5.10 Å². The number of hydrogen-bond acceptors (Lipinski definition) is 4. The van der Waals surface area contributed by atoms with Crippen molar-refractivity contribution in [3.05, 3.63) is 36.2 Å². The van der Waals surface area contributed by atoms with Crippen molar-refractivity contribution in [3.8, 4) is 11.4 Å². The molecule has 5 nitrogen and oxygen atoms in total. The molecule has 0 bridgehead atoms. The zero-order valence-electron chi connectivity index (χ0n) is 12.2. The maximum absolute atomic E-state index is 11.5. The summed E-state index contributed by atoms with van der Waals surface area (Å²) in [6.07, 6.45) is 1.21. The number of nitrogens with zero attached hydrogens (tertiary/aromatic N) is 3. The van der Waals surface area contributed by atoms with Gasteiger partial charge in [0.05, 0.1) is 5.54 Å². The third-order valence-electron chi connectivity index (χ3n) is 2.73. The van der Waals surface area contributed by atoms with Crippen molar-refractivity contribution < 1.29 is 8.42 Å². The van der Waals surface area contributed by atoms with Gasteiger partial charge in [0.1, 0.15) is 11.6 Å². The van der Waals surface area contributed by atoms with Crippen LogP contribution in [0.2, 0.25) is 0 Å². The molecule has 6 heteroatoms. The van der Waals surface area contributed by atoms with Gasteiger partial charge in [-0.25, -0.2) is 18.1 Å². The molecule has 2 rings (SSSR count). The number of aromatic nitrogens is 3. The topological polar surface area (TPSA) is 64.8 Å². The highest BCUT2D eigenvalue weighted by molar-refractivity contribution is 7.89. The molecule has 0 fully saturated rings. The molecule has 1 aromatic heterocycles. The van der Waals surface area contributed by atoms with Crippen LogP contribution in [0.3, 0.4) is 0 Å². The van der Waals surface area contributed by atoms with E-state index in [2.05, 4.69) is 10.1 Å². The highest BCUT2D eigenvalue weighted by Gasteiger charge is 2.23. The minimum atomic E-state index is -3.15. The molecular formula is C14H19N3O2S. The molecule has 0 aliphatic carbocycles. The molecule has 0 N–H and O–H groups in total. The fraction of sp³-hybridized carbons (Fsp3) is 0.429. The van der Waals surface area contributed by atoms with E-state index in [0.29, 0.717) is 11.6 Å². The largest absolute Gasteiger partial charge is 0.243 e. The van der Waals surface area contributed by atoms with E-state index in [-0.39, 0.29) is 11.3 Å². The standard InChI is InChI=1S/C14H19N3O2S/c1-14(2,3)17-12(10-20(4,18)19)15-13(16-17)11-8-6-5-7-9-11/h5-9H,10H2,1-4H3. The molecule has 1 heterocycles. The van der Waals surface area contributed by atoms with E-state index in [1.807, 2.05) is 51.1 Å². The van der Waals surface area contributed by atoms with Crippen molar-refractivity contribution in [2.75, 3.05) is 6.26 Å². The zero-order valence-corrected chi connectivity index (χ0v) is 13.0. The first-order chi connectivity index (χ1) is 9.17. The van der Waals surface area contributed by atoms with E-state index < -0.39 is 9.84 Å². The molecule has 1 aromatic carbocycles. The third kappa shape index (κ3) is 3.45. The Labute approximate surface area is 119 Å². The molecule has 0 radical (unpaired) electrons. The smallest absolute Gasteiger partial charge is 0.181 e. The summed E-state index contributed by atoms with van der Waals surface area (Å²) in [5.74, 6) is 0.919. The van der Waals surface area contributed by atoms with Crippen LogP contribution in [-0.4, -0.2) is 29.4 Å². The van der Waals surface area contributed by atoms with Crippen LogP contribution in [0.1, 0.15) is 26.6 Å². The summed E-state index contributed by atoms with van der Waals surface area (Å²) in [6.45, 7) is 5.92. The van der Waals surface area contributed by atoms with Gasteiger partial charge in [0.2, 0.25) is 0 Å². The van der Waals surface area contributed by atoms with Crippen LogP contribution in [-0.2, 0) is 21.1 Å². The van der Waals surface area contributed by atoms with E-state index >= 15 is 0 Å². The fourth-order valence-electron chi connectivity index (χ4n) is 1.92. The van der Waals surface area contributed by atoms with E-state index in [1.54, 1.807) is 4.68 Å². The quantitative estimate of drug-likeness (QED) is 0.870. The lowest BCUT2D eigenvalue weighted by Crippen LogP contribution is -2.26.